The van der Waals surface area contributed by atoms with E-state index in [1.54, 1.807) is 18.2 Å². The van der Waals surface area contributed by atoms with E-state index in [2.05, 4.69) is 25.8 Å². The third-order valence-corrected chi connectivity index (χ3v) is 5.16. The van der Waals surface area contributed by atoms with Crippen molar-refractivity contribution < 1.29 is 13.5 Å². The SMILES string of the molecule is O=S(=O)(Nc1cccc(Cl)c1Br)c1cnn(CCO)c1. The van der Waals surface area contributed by atoms with Gasteiger partial charge in [-0.05, 0) is 28.1 Å². The summed E-state index contributed by atoms with van der Waals surface area (Å²) in [6.45, 7) is 0.116. The van der Waals surface area contributed by atoms with Crippen LogP contribution >= 0.6 is 27.5 Å². The molecule has 2 rings (SSSR count). The van der Waals surface area contributed by atoms with E-state index in [0.717, 1.165) is 0 Å². The van der Waals surface area contributed by atoms with E-state index in [9.17, 15) is 8.42 Å². The summed E-state index contributed by atoms with van der Waals surface area (Å²) in [6.07, 6.45) is 2.56. The van der Waals surface area contributed by atoms with Gasteiger partial charge < -0.3 is 5.11 Å². The molecule has 0 saturated heterocycles. The number of aliphatic hydroxyl groups excluding tert-OH is 1. The molecule has 0 fully saturated rings. The number of hydrogen-bond acceptors (Lipinski definition) is 4. The average molecular weight is 381 g/mol. The molecule has 108 valence electrons. The minimum Gasteiger partial charge on any atom is -0.394 e. The molecule has 2 aromatic rings. The fourth-order valence-electron chi connectivity index (χ4n) is 1.49. The van der Waals surface area contributed by atoms with Gasteiger partial charge in [-0.15, -0.1) is 0 Å². The number of aromatic nitrogens is 2. The van der Waals surface area contributed by atoms with Crippen molar-refractivity contribution in [3.05, 3.63) is 40.1 Å². The summed E-state index contributed by atoms with van der Waals surface area (Å²) in [7, 11) is -3.75. The Balaban J connectivity index is 2.28. The van der Waals surface area contributed by atoms with E-state index in [-0.39, 0.29) is 18.0 Å². The van der Waals surface area contributed by atoms with Crippen molar-refractivity contribution in [1.29, 1.82) is 0 Å². The molecular formula is C11H11BrClN3O3S. The molecule has 1 heterocycles. The van der Waals surface area contributed by atoms with E-state index < -0.39 is 10.0 Å². The maximum absolute atomic E-state index is 12.2. The van der Waals surface area contributed by atoms with Gasteiger partial charge in [0, 0.05) is 6.20 Å². The monoisotopic (exact) mass is 379 g/mol. The minimum atomic E-state index is -3.75. The summed E-state index contributed by atoms with van der Waals surface area (Å²) in [6, 6.07) is 4.87. The van der Waals surface area contributed by atoms with E-state index >= 15 is 0 Å². The maximum Gasteiger partial charge on any atom is 0.265 e. The third-order valence-electron chi connectivity index (χ3n) is 2.44. The molecule has 0 aliphatic carbocycles. The van der Waals surface area contributed by atoms with E-state index in [0.29, 0.717) is 15.2 Å². The van der Waals surface area contributed by atoms with Gasteiger partial charge in [0.15, 0.2) is 0 Å². The highest BCUT2D eigenvalue weighted by molar-refractivity contribution is 9.10. The van der Waals surface area contributed by atoms with Crippen LogP contribution in [0.25, 0.3) is 0 Å². The van der Waals surface area contributed by atoms with Gasteiger partial charge in [-0.2, -0.15) is 5.10 Å². The molecule has 0 aliphatic heterocycles. The van der Waals surface area contributed by atoms with Crippen LogP contribution in [0, 0.1) is 0 Å². The van der Waals surface area contributed by atoms with Crippen LogP contribution < -0.4 is 4.72 Å². The molecule has 0 bridgehead atoms. The first-order valence-electron chi connectivity index (χ1n) is 5.54. The summed E-state index contributed by atoms with van der Waals surface area (Å²) in [5.41, 5.74) is 0.340. The summed E-state index contributed by atoms with van der Waals surface area (Å²) in [4.78, 5) is 0.0119. The lowest BCUT2D eigenvalue weighted by Crippen LogP contribution is -2.13. The summed E-state index contributed by atoms with van der Waals surface area (Å²) < 4.78 is 28.6. The molecule has 0 unspecified atom stereocenters. The predicted molar refractivity (Wildman–Crippen MR) is 79.3 cm³/mol. The van der Waals surface area contributed by atoms with Gasteiger partial charge in [-0.3, -0.25) is 9.40 Å². The molecule has 0 spiro atoms. The number of sulfonamides is 1. The highest BCUT2D eigenvalue weighted by atomic mass is 79.9. The Bertz CT molecular complexity index is 717. The van der Waals surface area contributed by atoms with Gasteiger partial charge >= 0.3 is 0 Å². The van der Waals surface area contributed by atoms with Crippen LogP contribution in [-0.2, 0) is 16.6 Å². The van der Waals surface area contributed by atoms with E-state index in [1.807, 2.05) is 0 Å². The summed E-state index contributed by atoms with van der Waals surface area (Å²) in [5, 5.41) is 13.0. The zero-order valence-electron chi connectivity index (χ0n) is 10.1. The van der Waals surface area contributed by atoms with Crippen LogP contribution in [0.5, 0.6) is 0 Å². The van der Waals surface area contributed by atoms with Gasteiger partial charge in [0.25, 0.3) is 10.0 Å². The molecule has 1 aromatic carbocycles. The molecule has 9 heteroatoms. The minimum absolute atomic E-state index is 0.0119. The molecule has 20 heavy (non-hydrogen) atoms. The Morgan fingerprint density at radius 3 is 2.90 bits per heavy atom. The first-order chi connectivity index (χ1) is 9.44. The molecule has 1 aromatic heterocycles. The Kier molecular flexibility index (Phi) is 4.69. The molecule has 0 radical (unpaired) electrons. The smallest absolute Gasteiger partial charge is 0.265 e. The van der Waals surface area contributed by atoms with Crippen LogP contribution in [0.15, 0.2) is 40.0 Å². The van der Waals surface area contributed by atoms with Crippen molar-refractivity contribution in [1.82, 2.24) is 9.78 Å². The quantitative estimate of drug-likeness (QED) is 0.832. The van der Waals surface area contributed by atoms with Crippen LogP contribution in [0.2, 0.25) is 5.02 Å². The van der Waals surface area contributed by atoms with Gasteiger partial charge in [-0.1, -0.05) is 17.7 Å². The van der Waals surface area contributed by atoms with Crippen LogP contribution in [0.3, 0.4) is 0 Å². The van der Waals surface area contributed by atoms with Crippen molar-refractivity contribution in [2.75, 3.05) is 11.3 Å². The van der Waals surface area contributed by atoms with Crippen molar-refractivity contribution in [2.24, 2.45) is 0 Å². The van der Waals surface area contributed by atoms with Crippen LogP contribution in [-0.4, -0.2) is 29.9 Å². The van der Waals surface area contributed by atoms with Crippen molar-refractivity contribution in [3.8, 4) is 0 Å². The topological polar surface area (TPSA) is 84.2 Å². The Morgan fingerprint density at radius 2 is 2.20 bits per heavy atom. The number of nitrogens with zero attached hydrogens (tertiary/aromatic N) is 2. The van der Waals surface area contributed by atoms with Gasteiger partial charge in [-0.25, -0.2) is 8.42 Å². The molecule has 2 N–H and O–H groups in total. The van der Waals surface area contributed by atoms with Crippen LogP contribution in [0.4, 0.5) is 5.69 Å². The number of benzene rings is 1. The zero-order valence-corrected chi connectivity index (χ0v) is 13.3. The molecule has 6 nitrogen and oxygen atoms in total. The number of halogens is 2. The summed E-state index contributed by atoms with van der Waals surface area (Å²) in [5.74, 6) is 0. The molecule has 0 atom stereocenters. The average Bonchev–Trinajstić information content (AvgIpc) is 2.85. The molecule has 0 amide bonds. The van der Waals surface area contributed by atoms with Crippen molar-refractivity contribution in [2.45, 2.75) is 11.4 Å². The fourth-order valence-corrected chi connectivity index (χ4v) is 3.19. The number of hydrogen-bond donors (Lipinski definition) is 2. The lowest BCUT2D eigenvalue weighted by molar-refractivity contribution is 0.269. The van der Waals surface area contributed by atoms with Crippen molar-refractivity contribution >= 4 is 43.2 Å². The number of nitrogens with one attached hydrogen (secondary N) is 1. The fraction of sp³-hybridized carbons (Fsp3) is 0.182. The lowest BCUT2D eigenvalue weighted by atomic mass is 10.3. The van der Waals surface area contributed by atoms with E-state index in [1.165, 1.54) is 17.1 Å². The first kappa shape index (κ1) is 15.3. The van der Waals surface area contributed by atoms with Crippen molar-refractivity contribution in [3.63, 3.8) is 0 Å². The predicted octanol–water partition coefficient (Wildman–Crippen LogP) is 2.09. The van der Waals surface area contributed by atoms with E-state index in [4.69, 9.17) is 16.7 Å². The number of aliphatic hydroxyl groups is 1. The second-order valence-corrected chi connectivity index (χ2v) is 6.75. The second-order valence-electron chi connectivity index (χ2n) is 3.87. The Hall–Kier alpha value is -1.09. The maximum atomic E-state index is 12.2. The molecule has 0 saturated carbocycles. The molecule has 0 aliphatic rings. The summed E-state index contributed by atoms with van der Waals surface area (Å²) >= 11 is 9.13. The largest absolute Gasteiger partial charge is 0.394 e. The molecular weight excluding hydrogens is 370 g/mol. The highest BCUT2D eigenvalue weighted by Crippen LogP contribution is 2.31. The number of rotatable bonds is 5. The standard InChI is InChI=1S/C11H11BrClN3O3S/c12-11-9(13)2-1-3-10(11)15-20(18,19)8-6-14-16(7-8)4-5-17/h1-3,6-7,15,17H,4-5H2. The highest BCUT2D eigenvalue weighted by Gasteiger charge is 2.18. The van der Waals surface area contributed by atoms with Gasteiger partial charge in [0.05, 0.1) is 34.5 Å². The third kappa shape index (κ3) is 3.32. The van der Waals surface area contributed by atoms with Crippen LogP contribution in [0.1, 0.15) is 0 Å². The normalized spacial score (nSPS) is 11.6. The zero-order chi connectivity index (χ0) is 14.8. The number of anilines is 1. The Morgan fingerprint density at radius 1 is 1.45 bits per heavy atom. The van der Waals surface area contributed by atoms with Gasteiger partial charge in [0.2, 0.25) is 0 Å². The van der Waals surface area contributed by atoms with Gasteiger partial charge in [0.1, 0.15) is 4.90 Å². The first-order valence-corrected chi connectivity index (χ1v) is 8.19. The lowest BCUT2D eigenvalue weighted by Gasteiger charge is -2.09. The second kappa shape index (κ2) is 6.13. The Labute approximate surface area is 129 Å².